The molecule has 0 spiro atoms. The molecule has 11 nitrogen and oxygen atoms in total. The predicted molar refractivity (Wildman–Crippen MR) is 206 cm³/mol. The fourth-order valence-electron chi connectivity index (χ4n) is 6.18. The van der Waals surface area contributed by atoms with Crippen molar-refractivity contribution in [3.05, 3.63) is 158 Å². The molecule has 1 aliphatic heterocycles. The monoisotopic (exact) mass is 756 g/mol. The number of aromatic amines is 1. The number of ether oxygens (including phenoxy) is 4. The number of aromatic nitrogens is 2. The zero-order chi connectivity index (χ0) is 37.6. The van der Waals surface area contributed by atoms with Crippen LogP contribution in [0.25, 0.3) is 0 Å². The maximum absolute atomic E-state index is 13.1. The van der Waals surface area contributed by atoms with Gasteiger partial charge in [-0.15, -0.1) is 0 Å². The third kappa shape index (κ3) is 8.98. The van der Waals surface area contributed by atoms with E-state index < -0.39 is 52.2 Å². The van der Waals surface area contributed by atoms with E-state index in [-0.39, 0.29) is 13.0 Å². The number of aryl methyl sites for hydroxylation is 1. The molecule has 1 N–H and O–H groups in total. The topological polar surface area (TPSA) is 119 Å². The first-order chi connectivity index (χ1) is 25.5. The first kappa shape index (κ1) is 38.2. The highest BCUT2D eigenvalue weighted by atomic mass is 31.2. The average Bonchev–Trinajstić information content (AvgIpc) is 3.55. The van der Waals surface area contributed by atoms with Crippen LogP contribution < -0.4 is 25.2 Å². The summed E-state index contributed by atoms with van der Waals surface area (Å²) >= 11 is 0. The van der Waals surface area contributed by atoms with E-state index in [0.717, 1.165) is 16.7 Å². The van der Waals surface area contributed by atoms with Crippen molar-refractivity contribution in [1.29, 1.82) is 0 Å². The zero-order valence-corrected chi connectivity index (χ0v) is 32.6. The molecular weight excluding hydrogens is 712 g/mol. The van der Waals surface area contributed by atoms with Crippen LogP contribution in [0, 0.1) is 6.92 Å². The van der Waals surface area contributed by atoms with Crippen LogP contribution in [0.5, 0.6) is 17.2 Å². The maximum atomic E-state index is 13.1. The molecule has 278 valence electrons. The third-order valence-corrected chi connectivity index (χ3v) is 12.4. The van der Waals surface area contributed by atoms with E-state index in [1.807, 2.05) is 109 Å². The van der Waals surface area contributed by atoms with Gasteiger partial charge in [-0.25, -0.2) is 4.79 Å². The van der Waals surface area contributed by atoms with E-state index >= 15 is 0 Å². The smallest absolute Gasteiger partial charge is 0.386 e. The van der Waals surface area contributed by atoms with Crippen LogP contribution in [-0.2, 0) is 23.8 Å². The molecule has 5 aromatic rings. The summed E-state index contributed by atoms with van der Waals surface area (Å²) in [5, 5.41) is 0. The molecular formula is C40H45N2O9PSi. The minimum absolute atomic E-state index is 0.0344. The SMILES string of the molecule is COc1ccc(C(OC[C@H]2O[C@@H](n3cc(C)c(=O)[nH]c3=O)C[C@@H]2OP(Oc2ccccc2)O[Si](C)(C)C)(c2ccccc2)c2ccc(OC)cc2)cc1. The molecule has 0 bridgehead atoms. The van der Waals surface area contributed by atoms with E-state index in [9.17, 15) is 9.59 Å². The summed E-state index contributed by atoms with van der Waals surface area (Å²) in [5.41, 5.74) is 0.804. The second-order valence-corrected chi connectivity index (χ2v) is 19.4. The number of hydrogen-bond acceptors (Lipinski definition) is 9. The highest BCUT2D eigenvalue weighted by molar-refractivity contribution is 7.44. The van der Waals surface area contributed by atoms with E-state index in [1.165, 1.54) is 10.8 Å². The van der Waals surface area contributed by atoms with Crippen molar-refractivity contribution in [2.45, 2.75) is 57.0 Å². The fourth-order valence-corrected chi connectivity index (χ4v) is 9.07. The first-order valence-corrected chi connectivity index (χ1v) is 21.8. The predicted octanol–water partition coefficient (Wildman–Crippen LogP) is 7.70. The molecule has 0 radical (unpaired) electrons. The number of rotatable bonds is 15. The number of nitrogens with one attached hydrogen (secondary N) is 1. The van der Waals surface area contributed by atoms with Crippen LogP contribution in [0.1, 0.15) is 34.9 Å². The Hall–Kier alpha value is -4.55. The summed E-state index contributed by atoms with van der Waals surface area (Å²) < 4.78 is 45.8. The molecule has 1 saturated heterocycles. The Kier molecular flexibility index (Phi) is 12.0. The Balaban J connectivity index is 1.42. The lowest BCUT2D eigenvalue weighted by atomic mass is 9.80. The van der Waals surface area contributed by atoms with Crippen molar-refractivity contribution >= 4 is 16.9 Å². The lowest BCUT2D eigenvalue weighted by Crippen LogP contribution is -2.38. The summed E-state index contributed by atoms with van der Waals surface area (Å²) in [6, 6.07) is 34.9. The summed E-state index contributed by atoms with van der Waals surface area (Å²) in [7, 11) is -0.816. The van der Waals surface area contributed by atoms with E-state index in [0.29, 0.717) is 22.8 Å². The number of nitrogens with zero attached hydrogens (tertiary/aromatic N) is 1. The average molecular weight is 757 g/mol. The molecule has 53 heavy (non-hydrogen) atoms. The summed E-state index contributed by atoms with van der Waals surface area (Å²) in [5.74, 6) is 2.02. The fraction of sp³-hybridized carbons (Fsp3) is 0.300. The van der Waals surface area contributed by atoms with Gasteiger partial charge in [-0.3, -0.25) is 18.9 Å². The lowest BCUT2D eigenvalue weighted by Gasteiger charge is -2.37. The van der Waals surface area contributed by atoms with Gasteiger partial charge in [-0.2, -0.15) is 0 Å². The molecule has 1 aromatic heterocycles. The van der Waals surface area contributed by atoms with Crippen molar-refractivity contribution in [1.82, 2.24) is 9.55 Å². The molecule has 2 heterocycles. The minimum atomic E-state index is -2.18. The van der Waals surface area contributed by atoms with E-state index in [2.05, 4.69) is 24.6 Å². The number of H-pyrrole nitrogens is 1. The van der Waals surface area contributed by atoms with Gasteiger partial charge in [-0.05, 0) is 79.7 Å². The summed E-state index contributed by atoms with van der Waals surface area (Å²) in [4.78, 5) is 27.8. The van der Waals surface area contributed by atoms with Crippen molar-refractivity contribution in [3.63, 3.8) is 0 Å². The lowest BCUT2D eigenvalue weighted by molar-refractivity contribution is -0.0921. The van der Waals surface area contributed by atoms with Crippen LogP contribution in [-0.4, -0.2) is 50.9 Å². The summed E-state index contributed by atoms with van der Waals surface area (Å²) in [6.07, 6.45) is -0.338. The number of benzene rings is 4. The third-order valence-electron chi connectivity index (χ3n) is 8.77. The van der Waals surface area contributed by atoms with Gasteiger partial charge in [0.15, 0.2) is 8.32 Å². The molecule has 1 fully saturated rings. The molecule has 0 saturated carbocycles. The van der Waals surface area contributed by atoms with Gasteiger partial charge in [-0.1, -0.05) is 72.8 Å². The van der Waals surface area contributed by atoms with Gasteiger partial charge in [0.25, 0.3) is 5.56 Å². The van der Waals surface area contributed by atoms with Gasteiger partial charge in [0.05, 0.1) is 20.8 Å². The molecule has 0 aliphatic carbocycles. The Morgan fingerprint density at radius 3 is 1.89 bits per heavy atom. The van der Waals surface area contributed by atoms with Gasteiger partial charge in [0, 0.05) is 18.2 Å². The molecule has 4 aromatic carbocycles. The standard InChI is InChI=1S/C40H45N2O9PSi/c1-28-26-42(39(44)41-38(28)43)37-25-35(50-52(51-53(4,5)6)49-34-15-11-8-12-16-34)36(48-37)27-47-40(29-13-9-7-10-14-29,30-17-21-32(45-2)22-18-30)31-19-23-33(46-3)24-20-31/h7-24,26,35-37H,25,27H2,1-6H3,(H,41,43,44)/t35-,36+,37+,52?/m0/s1. The molecule has 0 amide bonds. The van der Waals surface area contributed by atoms with Crippen LogP contribution in [0.3, 0.4) is 0 Å². The minimum Gasteiger partial charge on any atom is -0.497 e. The van der Waals surface area contributed by atoms with E-state index in [4.69, 9.17) is 32.2 Å². The Bertz CT molecular complexity index is 2010. The molecule has 4 atom stereocenters. The Morgan fingerprint density at radius 2 is 1.34 bits per heavy atom. The Labute approximate surface area is 311 Å². The van der Waals surface area contributed by atoms with Gasteiger partial charge in [0.1, 0.15) is 41.3 Å². The largest absolute Gasteiger partial charge is 0.497 e. The molecule has 1 unspecified atom stereocenters. The quantitative estimate of drug-likeness (QED) is 0.0651. The summed E-state index contributed by atoms with van der Waals surface area (Å²) in [6.45, 7) is 7.87. The van der Waals surface area contributed by atoms with Gasteiger partial charge < -0.3 is 27.7 Å². The first-order valence-electron chi connectivity index (χ1n) is 17.3. The maximum Gasteiger partial charge on any atom is 0.386 e. The van der Waals surface area contributed by atoms with Crippen LogP contribution in [0.2, 0.25) is 19.6 Å². The van der Waals surface area contributed by atoms with Crippen LogP contribution in [0.15, 0.2) is 125 Å². The molecule has 1 aliphatic rings. The normalized spacial score (nSPS) is 18.0. The second kappa shape index (κ2) is 16.6. The van der Waals surface area contributed by atoms with E-state index in [1.54, 1.807) is 21.1 Å². The van der Waals surface area contributed by atoms with Crippen molar-refractivity contribution < 1.29 is 32.2 Å². The number of methoxy groups -OCH3 is 2. The Morgan fingerprint density at radius 1 is 0.792 bits per heavy atom. The second-order valence-electron chi connectivity index (χ2n) is 13.6. The zero-order valence-electron chi connectivity index (χ0n) is 30.7. The highest BCUT2D eigenvalue weighted by Gasteiger charge is 2.45. The number of hydrogen-bond donors (Lipinski definition) is 1. The van der Waals surface area contributed by atoms with Crippen molar-refractivity contribution in [3.8, 4) is 17.2 Å². The molecule has 6 rings (SSSR count). The van der Waals surface area contributed by atoms with Crippen LogP contribution >= 0.6 is 8.60 Å². The highest BCUT2D eigenvalue weighted by Crippen LogP contribution is 2.49. The number of para-hydroxylation sites is 1. The molecule has 13 heteroatoms. The van der Waals surface area contributed by atoms with Crippen molar-refractivity contribution in [2.75, 3.05) is 20.8 Å². The van der Waals surface area contributed by atoms with Crippen LogP contribution in [0.4, 0.5) is 0 Å². The van der Waals surface area contributed by atoms with Gasteiger partial charge >= 0.3 is 14.3 Å². The van der Waals surface area contributed by atoms with Crippen molar-refractivity contribution in [2.24, 2.45) is 0 Å². The van der Waals surface area contributed by atoms with Gasteiger partial charge in [0.2, 0.25) is 0 Å².